The number of carbonyl (C=O) groups excluding carboxylic acids is 1. The second-order valence-electron chi connectivity index (χ2n) is 4.75. The Hall–Kier alpha value is -2.21. The Morgan fingerprint density at radius 2 is 2.04 bits per heavy atom. The lowest BCUT2D eigenvalue weighted by atomic mass is 10.2. The summed E-state index contributed by atoms with van der Waals surface area (Å²) in [5.41, 5.74) is 4.22. The van der Waals surface area contributed by atoms with Crippen LogP contribution in [0.2, 0.25) is 0 Å². The van der Waals surface area contributed by atoms with Crippen LogP contribution in [0.3, 0.4) is 0 Å². The summed E-state index contributed by atoms with van der Waals surface area (Å²) in [7, 11) is 0. The zero-order valence-corrected chi connectivity index (χ0v) is 14.1. The van der Waals surface area contributed by atoms with Gasteiger partial charge in [0.25, 0.3) is 5.91 Å². The molecule has 0 heterocycles. The van der Waals surface area contributed by atoms with Gasteiger partial charge in [0, 0.05) is 0 Å². The first-order valence-corrected chi connectivity index (χ1v) is 7.86. The Balaban J connectivity index is 1.79. The van der Waals surface area contributed by atoms with E-state index in [1.165, 1.54) is 17.8 Å². The number of aryl methyl sites for hydroxylation is 1. The van der Waals surface area contributed by atoms with Gasteiger partial charge in [0.05, 0.1) is 10.7 Å². The van der Waals surface area contributed by atoms with Crippen molar-refractivity contribution in [3.63, 3.8) is 0 Å². The van der Waals surface area contributed by atoms with Crippen LogP contribution < -0.4 is 10.2 Å². The molecule has 2 aromatic carbocycles. The largest absolute Gasteiger partial charge is 0.484 e. The highest BCUT2D eigenvalue weighted by Gasteiger charge is 2.02. The molecule has 0 spiro atoms. The molecule has 0 aliphatic carbocycles. The number of benzene rings is 2. The van der Waals surface area contributed by atoms with E-state index in [9.17, 15) is 9.18 Å². The molecule has 120 valence electrons. The van der Waals surface area contributed by atoms with Gasteiger partial charge in [-0.3, -0.25) is 4.79 Å². The second-order valence-corrected chi connectivity index (χ2v) is 5.61. The molecule has 1 amide bonds. The van der Waals surface area contributed by atoms with E-state index in [1.807, 2.05) is 24.3 Å². The third kappa shape index (κ3) is 5.49. The van der Waals surface area contributed by atoms with Gasteiger partial charge in [-0.2, -0.15) is 5.10 Å². The number of hydrazone groups is 1. The molecule has 0 unspecified atom stereocenters. The highest BCUT2D eigenvalue weighted by Crippen LogP contribution is 2.15. The number of nitrogens with one attached hydrogen (secondary N) is 1. The van der Waals surface area contributed by atoms with Crippen molar-refractivity contribution in [1.29, 1.82) is 0 Å². The fourth-order valence-corrected chi connectivity index (χ4v) is 2.17. The Morgan fingerprint density at radius 1 is 1.30 bits per heavy atom. The van der Waals surface area contributed by atoms with Gasteiger partial charge < -0.3 is 4.74 Å². The number of rotatable bonds is 6. The minimum absolute atomic E-state index is 0.129. The molecule has 1 N–H and O–H groups in total. The standard InChI is InChI=1S/C17H16BrFN2O2/c1-2-12-3-6-14(7-4-12)23-11-17(22)21-20-10-13-5-8-16(19)15(18)9-13/h3-10H,2,11H2,1H3,(H,21,22)/b20-10-. The third-order valence-corrected chi connectivity index (χ3v) is 3.66. The lowest BCUT2D eigenvalue weighted by Gasteiger charge is -2.05. The Kier molecular flexibility index (Phi) is 6.29. The van der Waals surface area contributed by atoms with Crippen molar-refractivity contribution in [3.8, 4) is 5.75 Å². The minimum Gasteiger partial charge on any atom is -0.484 e. The monoisotopic (exact) mass is 378 g/mol. The van der Waals surface area contributed by atoms with Crippen molar-refractivity contribution in [3.05, 3.63) is 63.9 Å². The lowest BCUT2D eigenvalue weighted by Crippen LogP contribution is -2.24. The first-order valence-electron chi connectivity index (χ1n) is 7.07. The number of ether oxygens (including phenoxy) is 1. The van der Waals surface area contributed by atoms with Gasteiger partial charge in [0.15, 0.2) is 6.61 Å². The van der Waals surface area contributed by atoms with E-state index in [2.05, 4.69) is 33.4 Å². The van der Waals surface area contributed by atoms with Gasteiger partial charge >= 0.3 is 0 Å². The zero-order chi connectivity index (χ0) is 16.7. The summed E-state index contributed by atoms with van der Waals surface area (Å²) in [4.78, 5) is 11.6. The molecule has 0 aliphatic heterocycles. The number of hydrogen-bond donors (Lipinski definition) is 1. The topological polar surface area (TPSA) is 50.7 Å². The molecule has 2 rings (SSSR count). The number of halogens is 2. The fourth-order valence-electron chi connectivity index (χ4n) is 1.77. The molecular formula is C17H16BrFN2O2. The summed E-state index contributed by atoms with van der Waals surface area (Å²) in [6.45, 7) is 1.94. The maximum absolute atomic E-state index is 13.1. The Bertz CT molecular complexity index is 702. The van der Waals surface area contributed by atoms with Gasteiger partial charge in [-0.1, -0.05) is 25.1 Å². The molecule has 4 nitrogen and oxygen atoms in total. The average Bonchev–Trinajstić information content (AvgIpc) is 2.56. The average molecular weight is 379 g/mol. The van der Waals surface area contributed by atoms with Crippen LogP contribution >= 0.6 is 15.9 Å². The molecule has 0 fully saturated rings. The fraction of sp³-hybridized carbons (Fsp3) is 0.176. The van der Waals surface area contributed by atoms with Crippen LogP contribution in [0.25, 0.3) is 0 Å². The highest BCUT2D eigenvalue weighted by molar-refractivity contribution is 9.10. The molecule has 0 bridgehead atoms. The number of hydrogen-bond acceptors (Lipinski definition) is 3. The Labute approximate surface area is 142 Å². The van der Waals surface area contributed by atoms with Gasteiger partial charge in [-0.05, 0) is 57.7 Å². The van der Waals surface area contributed by atoms with Crippen LogP contribution in [0.15, 0.2) is 52.0 Å². The van der Waals surface area contributed by atoms with Crippen LogP contribution in [0.1, 0.15) is 18.1 Å². The van der Waals surface area contributed by atoms with E-state index in [0.29, 0.717) is 15.8 Å². The number of amides is 1. The van der Waals surface area contributed by atoms with Crippen LogP contribution in [0, 0.1) is 5.82 Å². The molecule has 0 aromatic heterocycles. The summed E-state index contributed by atoms with van der Waals surface area (Å²) in [6, 6.07) is 12.0. The molecule has 2 aromatic rings. The second kappa shape index (κ2) is 8.43. The van der Waals surface area contributed by atoms with Crippen molar-refractivity contribution >= 4 is 28.1 Å². The van der Waals surface area contributed by atoms with E-state index < -0.39 is 0 Å². The Morgan fingerprint density at radius 3 is 2.70 bits per heavy atom. The van der Waals surface area contributed by atoms with Crippen molar-refractivity contribution in [2.75, 3.05) is 6.61 Å². The quantitative estimate of drug-likeness (QED) is 0.615. The van der Waals surface area contributed by atoms with Gasteiger partial charge in [0.1, 0.15) is 11.6 Å². The number of nitrogens with zero attached hydrogens (tertiary/aromatic N) is 1. The van der Waals surface area contributed by atoms with Gasteiger partial charge in [0.2, 0.25) is 0 Å². The normalized spacial score (nSPS) is 10.7. The van der Waals surface area contributed by atoms with Crippen LogP contribution in [0.5, 0.6) is 5.75 Å². The van der Waals surface area contributed by atoms with E-state index in [1.54, 1.807) is 12.1 Å². The molecule has 6 heteroatoms. The predicted molar refractivity (Wildman–Crippen MR) is 91.2 cm³/mol. The molecule has 0 aliphatic rings. The van der Waals surface area contributed by atoms with Crippen LogP contribution in [0.4, 0.5) is 4.39 Å². The summed E-state index contributed by atoms with van der Waals surface area (Å²) < 4.78 is 18.8. The van der Waals surface area contributed by atoms with Crippen molar-refractivity contribution < 1.29 is 13.9 Å². The summed E-state index contributed by atoms with van der Waals surface area (Å²) in [5.74, 6) is -0.0977. The molecule has 0 radical (unpaired) electrons. The van der Waals surface area contributed by atoms with Gasteiger partial charge in [-0.25, -0.2) is 9.82 Å². The smallest absolute Gasteiger partial charge is 0.277 e. The number of carbonyl (C=O) groups is 1. The molecule has 23 heavy (non-hydrogen) atoms. The highest BCUT2D eigenvalue weighted by atomic mass is 79.9. The predicted octanol–water partition coefficient (Wildman–Crippen LogP) is 3.68. The van der Waals surface area contributed by atoms with Crippen LogP contribution in [-0.4, -0.2) is 18.7 Å². The molecular weight excluding hydrogens is 363 g/mol. The first kappa shape index (κ1) is 17.1. The summed E-state index contributed by atoms with van der Waals surface area (Å²) >= 11 is 3.08. The summed E-state index contributed by atoms with van der Waals surface area (Å²) in [5, 5.41) is 3.80. The van der Waals surface area contributed by atoms with Gasteiger partial charge in [-0.15, -0.1) is 0 Å². The minimum atomic E-state index is -0.373. The van der Waals surface area contributed by atoms with Crippen LogP contribution in [-0.2, 0) is 11.2 Å². The maximum atomic E-state index is 13.1. The SMILES string of the molecule is CCc1ccc(OCC(=O)N/N=C\c2ccc(F)c(Br)c2)cc1. The molecule has 0 saturated carbocycles. The van der Waals surface area contributed by atoms with E-state index in [0.717, 1.165) is 6.42 Å². The van der Waals surface area contributed by atoms with Crippen molar-refractivity contribution in [2.24, 2.45) is 5.10 Å². The van der Waals surface area contributed by atoms with E-state index >= 15 is 0 Å². The molecule has 0 atom stereocenters. The van der Waals surface area contributed by atoms with E-state index in [4.69, 9.17) is 4.74 Å². The zero-order valence-electron chi connectivity index (χ0n) is 12.6. The first-order chi connectivity index (χ1) is 11.1. The van der Waals surface area contributed by atoms with Crippen molar-refractivity contribution in [2.45, 2.75) is 13.3 Å². The van der Waals surface area contributed by atoms with Crippen molar-refractivity contribution in [1.82, 2.24) is 5.43 Å². The summed E-state index contributed by atoms with van der Waals surface area (Å²) in [6.07, 6.45) is 2.38. The lowest BCUT2D eigenvalue weighted by molar-refractivity contribution is -0.123. The third-order valence-electron chi connectivity index (χ3n) is 3.05. The molecule has 0 saturated heterocycles. The van der Waals surface area contributed by atoms with E-state index in [-0.39, 0.29) is 18.3 Å². The maximum Gasteiger partial charge on any atom is 0.277 e.